The zero-order valence-electron chi connectivity index (χ0n) is 16.3. The summed E-state index contributed by atoms with van der Waals surface area (Å²) in [6.07, 6.45) is 4.50. The fraction of sp³-hybridized carbons (Fsp3) is 0.261. The molecule has 5 rings (SSSR count). The van der Waals surface area contributed by atoms with Crippen molar-refractivity contribution in [1.82, 2.24) is 10.3 Å². The fourth-order valence-electron chi connectivity index (χ4n) is 4.08. The highest BCUT2D eigenvalue weighted by Crippen LogP contribution is 2.42. The lowest BCUT2D eigenvalue weighted by Crippen LogP contribution is -2.39. The molecule has 2 aliphatic heterocycles. The number of piperidine rings is 1. The minimum atomic E-state index is -3.69. The van der Waals surface area contributed by atoms with Gasteiger partial charge in [0.25, 0.3) is 0 Å². The number of hydrogen-bond acceptors (Lipinski definition) is 6. The number of sulfone groups is 1. The molecular weight excluding hydrogens is 400 g/mol. The molecule has 0 spiro atoms. The number of rotatable bonds is 5. The maximum atomic E-state index is 13.2. The van der Waals surface area contributed by atoms with Gasteiger partial charge < -0.3 is 14.8 Å². The number of pyridine rings is 1. The highest BCUT2D eigenvalue weighted by Gasteiger charge is 2.36. The molecular formula is C23H22N2O4S. The van der Waals surface area contributed by atoms with Gasteiger partial charge in [-0.25, -0.2) is 8.42 Å². The van der Waals surface area contributed by atoms with E-state index < -0.39 is 9.84 Å². The Morgan fingerprint density at radius 2 is 2.00 bits per heavy atom. The Morgan fingerprint density at radius 1 is 1.10 bits per heavy atom. The third-order valence-electron chi connectivity index (χ3n) is 5.64. The van der Waals surface area contributed by atoms with Crippen molar-refractivity contribution in [2.75, 3.05) is 13.1 Å². The molecule has 3 heterocycles. The Kier molecular flexibility index (Phi) is 4.92. The molecule has 2 aliphatic rings. The van der Waals surface area contributed by atoms with Gasteiger partial charge in [-0.1, -0.05) is 18.2 Å². The molecule has 0 bridgehead atoms. The number of benzene rings is 2. The van der Waals surface area contributed by atoms with E-state index in [1.165, 1.54) is 0 Å². The second-order valence-corrected chi connectivity index (χ2v) is 9.53. The van der Waals surface area contributed by atoms with Crippen molar-refractivity contribution in [2.45, 2.75) is 34.8 Å². The van der Waals surface area contributed by atoms with Crippen LogP contribution in [-0.4, -0.2) is 32.6 Å². The molecule has 2 aromatic carbocycles. The summed E-state index contributed by atoms with van der Waals surface area (Å²) in [7, 11) is -3.69. The number of nitrogens with one attached hydrogen (secondary N) is 1. The second kappa shape index (κ2) is 7.74. The Hall–Kier alpha value is -2.90. The Morgan fingerprint density at radius 3 is 2.87 bits per heavy atom. The summed E-state index contributed by atoms with van der Waals surface area (Å²) in [6, 6.07) is 15.6. The van der Waals surface area contributed by atoms with Gasteiger partial charge in [-0.2, -0.15) is 0 Å². The van der Waals surface area contributed by atoms with Gasteiger partial charge >= 0.3 is 0 Å². The monoisotopic (exact) mass is 422 g/mol. The van der Waals surface area contributed by atoms with Crippen LogP contribution in [0.2, 0.25) is 0 Å². The molecule has 1 saturated heterocycles. The quantitative estimate of drug-likeness (QED) is 0.680. The minimum absolute atomic E-state index is 0.0795. The van der Waals surface area contributed by atoms with Crippen molar-refractivity contribution in [3.05, 3.63) is 78.1 Å². The maximum Gasteiger partial charge on any atom is 0.206 e. The molecule has 2 unspecified atom stereocenters. The van der Waals surface area contributed by atoms with Gasteiger partial charge in [-0.15, -0.1) is 0 Å². The Bertz CT molecular complexity index is 1160. The topological polar surface area (TPSA) is 77.5 Å². The van der Waals surface area contributed by atoms with Gasteiger partial charge in [0.15, 0.2) is 0 Å². The summed E-state index contributed by atoms with van der Waals surface area (Å²) in [5.41, 5.74) is 2.02. The highest BCUT2D eigenvalue weighted by atomic mass is 32.2. The van der Waals surface area contributed by atoms with Gasteiger partial charge in [0, 0.05) is 36.0 Å². The lowest BCUT2D eigenvalue weighted by molar-refractivity contribution is 0.176. The van der Waals surface area contributed by atoms with Crippen LogP contribution in [0.25, 0.3) is 0 Å². The molecule has 154 valence electrons. The molecule has 0 amide bonds. The third-order valence-corrected chi connectivity index (χ3v) is 7.39. The van der Waals surface area contributed by atoms with Gasteiger partial charge in [0.2, 0.25) is 9.84 Å². The predicted molar refractivity (Wildman–Crippen MR) is 112 cm³/mol. The molecule has 3 aromatic rings. The van der Waals surface area contributed by atoms with E-state index in [4.69, 9.17) is 9.47 Å². The molecule has 1 fully saturated rings. The van der Waals surface area contributed by atoms with Crippen LogP contribution < -0.4 is 14.8 Å². The van der Waals surface area contributed by atoms with Gasteiger partial charge in [-0.3, -0.25) is 4.98 Å². The van der Waals surface area contributed by atoms with Crippen LogP contribution in [0.15, 0.2) is 76.8 Å². The lowest BCUT2D eigenvalue weighted by Gasteiger charge is -2.24. The van der Waals surface area contributed by atoms with Crippen molar-refractivity contribution in [2.24, 2.45) is 0 Å². The van der Waals surface area contributed by atoms with E-state index in [9.17, 15) is 8.42 Å². The van der Waals surface area contributed by atoms with E-state index >= 15 is 0 Å². The van der Waals surface area contributed by atoms with E-state index in [1.807, 2.05) is 18.2 Å². The van der Waals surface area contributed by atoms with Gasteiger partial charge in [0.1, 0.15) is 24.2 Å². The SMILES string of the molecule is O=S(=O)(c1cccc(OCc2cccnc2)c1)c1ccc2c(c1)OC1CNCCC21. The van der Waals surface area contributed by atoms with Crippen molar-refractivity contribution < 1.29 is 17.9 Å². The third kappa shape index (κ3) is 3.55. The van der Waals surface area contributed by atoms with E-state index in [2.05, 4.69) is 10.3 Å². The fourth-order valence-corrected chi connectivity index (χ4v) is 5.39. The van der Waals surface area contributed by atoms with Crippen molar-refractivity contribution in [3.8, 4) is 11.5 Å². The molecule has 30 heavy (non-hydrogen) atoms. The molecule has 0 radical (unpaired) electrons. The molecule has 1 N–H and O–H groups in total. The first kappa shape index (κ1) is 19.1. The van der Waals surface area contributed by atoms with Crippen LogP contribution in [0.3, 0.4) is 0 Å². The normalized spacial score (nSPS) is 20.1. The van der Waals surface area contributed by atoms with Gasteiger partial charge in [-0.05, 0) is 49.4 Å². The standard InChI is InChI=1S/C23H22N2O4S/c26-30(27,18-5-1-4-17(11-18)28-15-16-3-2-9-24-13-16)19-6-7-20-21-8-10-25-14-23(21)29-22(20)12-19/h1-7,9,11-13,21,23,25H,8,10,14-15H2. The summed E-state index contributed by atoms with van der Waals surface area (Å²) in [4.78, 5) is 4.49. The zero-order chi connectivity index (χ0) is 20.6. The number of fused-ring (bicyclic) bond motifs is 3. The van der Waals surface area contributed by atoms with Gasteiger partial charge in [0.05, 0.1) is 9.79 Å². The highest BCUT2D eigenvalue weighted by molar-refractivity contribution is 7.91. The number of aromatic nitrogens is 1. The first-order valence-corrected chi connectivity index (χ1v) is 11.5. The zero-order valence-corrected chi connectivity index (χ0v) is 17.1. The average Bonchev–Trinajstić information content (AvgIpc) is 3.16. The Balaban J connectivity index is 1.39. The smallest absolute Gasteiger partial charge is 0.206 e. The summed E-state index contributed by atoms with van der Waals surface area (Å²) < 4.78 is 38.3. The maximum absolute atomic E-state index is 13.2. The summed E-state index contributed by atoms with van der Waals surface area (Å²) in [6.45, 7) is 2.06. The molecule has 1 aromatic heterocycles. The number of nitrogens with zero attached hydrogens (tertiary/aromatic N) is 1. The molecule has 0 saturated carbocycles. The van der Waals surface area contributed by atoms with E-state index in [-0.39, 0.29) is 15.9 Å². The first-order chi connectivity index (χ1) is 14.6. The van der Waals surface area contributed by atoms with E-state index in [1.54, 1.807) is 48.8 Å². The Labute approximate surface area is 175 Å². The van der Waals surface area contributed by atoms with E-state index in [0.717, 1.165) is 30.6 Å². The number of ether oxygens (including phenoxy) is 2. The number of hydrogen-bond donors (Lipinski definition) is 1. The largest absolute Gasteiger partial charge is 0.489 e. The van der Waals surface area contributed by atoms with Crippen LogP contribution in [-0.2, 0) is 16.4 Å². The minimum Gasteiger partial charge on any atom is -0.489 e. The van der Waals surface area contributed by atoms with Crippen LogP contribution in [0.4, 0.5) is 0 Å². The van der Waals surface area contributed by atoms with Crippen LogP contribution in [0.1, 0.15) is 23.5 Å². The van der Waals surface area contributed by atoms with Crippen LogP contribution in [0.5, 0.6) is 11.5 Å². The van der Waals surface area contributed by atoms with Crippen LogP contribution in [0, 0.1) is 0 Å². The van der Waals surface area contributed by atoms with E-state index in [0.29, 0.717) is 24.0 Å². The van der Waals surface area contributed by atoms with Crippen molar-refractivity contribution >= 4 is 9.84 Å². The lowest BCUT2D eigenvalue weighted by atomic mass is 9.90. The average molecular weight is 423 g/mol. The summed E-state index contributed by atoms with van der Waals surface area (Å²) >= 11 is 0. The van der Waals surface area contributed by atoms with Crippen molar-refractivity contribution in [3.63, 3.8) is 0 Å². The van der Waals surface area contributed by atoms with Crippen molar-refractivity contribution in [1.29, 1.82) is 0 Å². The second-order valence-electron chi connectivity index (χ2n) is 7.58. The first-order valence-electron chi connectivity index (χ1n) is 9.99. The molecule has 0 aliphatic carbocycles. The molecule has 7 heteroatoms. The molecule has 6 nitrogen and oxygen atoms in total. The predicted octanol–water partition coefficient (Wildman–Crippen LogP) is 3.33. The van der Waals surface area contributed by atoms with Crippen LogP contribution >= 0.6 is 0 Å². The molecule has 2 atom stereocenters. The summed E-state index contributed by atoms with van der Waals surface area (Å²) in [5.74, 6) is 1.51. The summed E-state index contributed by atoms with van der Waals surface area (Å²) in [5, 5.41) is 3.33.